The fraction of sp³-hybridized carbons (Fsp3) is 0.154. The largest absolute Gasteiger partial charge is 0.241 e. The summed E-state index contributed by atoms with van der Waals surface area (Å²) < 4.78 is 1.27. The molecule has 0 saturated carbocycles. The summed E-state index contributed by atoms with van der Waals surface area (Å²) in [7, 11) is 0. The average molecular weight is 215 g/mol. The zero-order valence-electron chi connectivity index (χ0n) is 8.68. The molecule has 15 heavy (non-hydrogen) atoms. The number of nitrogens with zero attached hydrogens (tertiary/aromatic N) is 1. The highest BCUT2D eigenvalue weighted by Crippen LogP contribution is 2.21. The summed E-state index contributed by atoms with van der Waals surface area (Å²) in [5.74, 6) is 0. The van der Waals surface area contributed by atoms with Crippen molar-refractivity contribution in [2.75, 3.05) is 0 Å². The Morgan fingerprint density at radius 1 is 1.27 bits per heavy atom. The predicted molar refractivity (Wildman–Crippen MR) is 67.3 cm³/mol. The number of aromatic nitrogens is 1. The van der Waals surface area contributed by atoms with Crippen molar-refractivity contribution in [3.8, 4) is 0 Å². The lowest BCUT2D eigenvalue weighted by molar-refractivity contribution is 1.21. The number of thiazole rings is 1. The molecule has 2 heteroatoms. The van der Waals surface area contributed by atoms with Gasteiger partial charge in [-0.3, -0.25) is 0 Å². The molecule has 0 aliphatic carbocycles. The number of para-hydroxylation sites is 1. The van der Waals surface area contributed by atoms with Crippen molar-refractivity contribution in [3.63, 3.8) is 0 Å². The van der Waals surface area contributed by atoms with Crippen molar-refractivity contribution in [1.82, 2.24) is 4.98 Å². The van der Waals surface area contributed by atoms with E-state index in [4.69, 9.17) is 0 Å². The fourth-order valence-corrected chi connectivity index (χ4v) is 2.31. The van der Waals surface area contributed by atoms with E-state index in [1.807, 2.05) is 25.1 Å². The Kier molecular flexibility index (Phi) is 3.30. The summed E-state index contributed by atoms with van der Waals surface area (Å²) in [4.78, 5) is 4.55. The third-order valence-corrected chi connectivity index (χ3v) is 3.13. The quantitative estimate of drug-likeness (QED) is 0.706. The van der Waals surface area contributed by atoms with E-state index < -0.39 is 0 Å². The van der Waals surface area contributed by atoms with E-state index >= 15 is 0 Å². The Morgan fingerprint density at radius 3 is 2.93 bits per heavy atom. The normalized spacial score (nSPS) is 12.1. The van der Waals surface area contributed by atoms with Crippen molar-refractivity contribution < 1.29 is 0 Å². The molecule has 0 fully saturated rings. The molecule has 1 nitrogen and oxygen atoms in total. The Morgan fingerprint density at radius 2 is 2.13 bits per heavy atom. The first-order valence-corrected chi connectivity index (χ1v) is 5.84. The van der Waals surface area contributed by atoms with Crippen LogP contribution in [0.1, 0.15) is 11.9 Å². The minimum Gasteiger partial charge on any atom is -0.241 e. The van der Waals surface area contributed by atoms with Crippen molar-refractivity contribution in [1.29, 1.82) is 0 Å². The molecule has 2 rings (SSSR count). The third-order valence-electron chi connectivity index (χ3n) is 2.07. The van der Waals surface area contributed by atoms with E-state index in [1.54, 1.807) is 11.3 Å². The molecule has 0 radical (unpaired) electrons. The van der Waals surface area contributed by atoms with Gasteiger partial charge in [-0.05, 0) is 19.1 Å². The summed E-state index contributed by atoms with van der Waals surface area (Å²) in [6, 6.07) is 8.26. The summed E-state index contributed by atoms with van der Waals surface area (Å²) >= 11 is 1.77. The predicted octanol–water partition coefficient (Wildman–Crippen LogP) is 3.97. The number of rotatable bonds is 3. The highest BCUT2D eigenvalue weighted by Gasteiger charge is 1.99. The molecule has 0 unspecified atom stereocenters. The van der Waals surface area contributed by atoms with Crippen molar-refractivity contribution in [3.05, 3.63) is 53.6 Å². The van der Waals surface area contributed by atoms with Crippen LogP contribution in [-0.4, -0.2) is 4.98 Å². The van der Waals surface area contributed by atoms with Crippen LogP contribution in [0.2, 0.25) is 0 Å². The number of hydrogen-bond donors (Lipinski definition) is 0. The molecule has 1 aromatic heterocycles. The average Bonchev–Trinajstić information content (AvgIpc) is 2.67. The van der Waals surface area contributed by atoms with Crippen LogP contribution in [0.25, 0.3) is 10.2 Å². The maximum atomic E-state index is 4.55. The van der Waals surface area contributed by atoms with Gasteiger partial charge in [0.25, 0.3) is 0 Å². The molecule has 0 saturated heterocycles. The van der Waals surface area contributed by atoms with Gasteiger partial charge in [0.1, 0.15) is 0 Å². The third kappa shape index (κ3) is 2.54. The number of hydrogen-bond acceptors (Lipinski definition) is 2. The van der Waals surface area contributed by atoms with Crippen LogP contribution in [0, 0.1) is 0 Å². The highest BCUT2D eigenvalue weighted by molar-refractivity contribution is 7.18. The first-order chi connectivity index (χ1) is 7.40. The second-order valence-electron chi connectivity index (χ2n) is 3.23. The summed E-state index contributed by atoms with van der Waals surface area (Å²) in [6.45, 7) is 2.02. The van der Waals surface area contributed by atoms with Crippen molar-refractivity contribution in [2.45, 2.75) is 13.3 Å². The maximum absolute atomic E-state index is 4.55. The lowest BCUT2D eigenvalue weighted by Crippen LogP contribution is -1.76. The molecule has 1 aromatic carbocycles. The molecule has 0 aliphatic rings. The van der Waals surface area contributed by atoms with E-state index in [0.717, 1.165) is 11.9 Å². The van der Waals surface area contributed by atoms with Gasteiger partial charge in [-0.15, -0.1) is 11.3 Å². The Bertz CT molecular complexity index is 461. The molecule has 0 amide bonds. The molecular formula is C13H13NS. The SMILES string of the molecule is C/C=C\C=C/Cc1nc2ccccc2s1. The zero-order chi connectivity index (χ0) is 10.5. The first kappa shape index (κ1) is 10.1. The molecule has 0 atom stereocenters. The second-order valence-corrected chi connectivity index (χ2v) is 4.35. The van der Waals surface area contributed by atoms with Gasteiger partial charge in [0.2, 0.25) is 0 Å². The molecule has 0 bridgehead atoms. The first-order valence-electron chi connectivity index (χ1n) is 5.02. The molecule has 2 aromatic rings. The van der Waals surface area contributed by atoms with Crippen LogP contribution in [0.4, 0.5) is 0 Å². The highest BCUT2D eigenvalue weighted by atomic mass is 32.1. The monoisotopic (exact) mass is 215 g/mol. The zero-order valence-corrected chi connectivity index (χ0v) is 9.50. The van der Waals surface area contributed by atoms with Crippen LogP contribution < -0.4 is 0 Å². The van der Waals surface area contributed by atoms with E-state index in [9.17, 15) is 0 Å². The molecule has 0 aliphatic heterocycles. The van der Waals surface area contributed by atoms with Gasteiger partial charge in [-0.2, -0.15) is 0 Å². The number of allylic oxidation sites excluding steroid dienone is 4. The molecular weight excluding hydrogens is 202 g/mol. The van der Waals surface area contributed by atoms with Crippen LogP contribution in [-0.2, 0) is 6.42 Å². The van der Waals surface area contributed by atoms with Crippen LogP contribution in [0.3, 0.4) is 0 Å². The van der Waals surface area contributed by atoms with E-state index in [2.05, 4.69) is 35.3 Å². The Hall–Kier alpha value is -1.41. The van der Waals surface area contributed by atoms with Crippen molar-refractivity contribution >= 4 is 21.6 Å². The lowest BCUT2D eigenvalue weighted by Gasteiger charge is -1.83. The van der Waals surface area contributed by atoms with Gasteiger partial charge in [0, 0.05) is 6.42 Å². The van der Waals surface area contributed by atoms with E-state index in [0.29, 0.717) is 0 Å². The molecule has 0 N–H and O–H groups in total. The summed E-state index contributed by atoms with van der Waals surface area (Å²) in [5, 5.41) is 1.18. The minimum absolute atomic E-state index is 0.920. The van der Waals surface area contributed by atoms with Gasteiger partial charge in [-0.25, -0.2) is 4.98 Å². The van der Waals surface area contributed by atoms with Gasteiger partial charge in [0.15, 0.2) is 0 Å². The Balaban J connectivity index is 2.15. The topological polar surface area (TPSA) is 12.9 Å². The minimum atomic E-state index is 0.920. The summed E-state index contributed by atoms with van der Waals surface area (Å²) in [5.41, 5.74) is 1.11. The second kappa shape index (κ2) is 4.89. The standard InChI is InChI=1S/C13H13NS/c1-2-3-4-5-10-13-14-11-8-6-7-9-12(11)15-13/h2-9H,10H2,1H3/b3-2-,5-4-. The maximum Gasteiger partial charge on any atom is 0.0976 e. The molecule has 76 valence electrons. The lowest BCUT2D eigenvalue weighted by atomic mass is 10.3. The van der Waals surface area contributed by atoms with Crippen LogP contribution in [0.5, 0.6) is 0 Å². The number of fused-ring (bicyclic) bond motifs is 1. The van der Waals surface area contributed by atoms with E-state index in [-0.39, 0.29) is 0 Å². The summed E-state index contributed by atoms with van der Waals surface area (Å²) in [6.07, 6.45) is 9.18. The van der Waals surface area contributed by atoms with Crippen molar-refractivity contribution in [2.24, 2.45) is 0 Å². The Labute approximate surface area is 93.8 Å². The van der Waals surface area contributed by atoms with E-state index in [1.165, 1.54) is 9.71 Å². The van der Waals surface area contributed by atoms with Gasteiger partial charge in [-0.1, -0.05) is 36.4 Å². The van der Waals surface area contributed by atoms with Crippen LogP contribution >= 0.6 is 11.3 Å². The van der Waals surface area contributed by atoms with Gasteiger partial charge in [0.05, 0.1) is 15.2 Å². The molecule has 0 spiro atoms. The number of benzene rings is 1. The molecule has 1 heterocycles. The van der Waals surface area contributed by atoms with Gasteiger partial charge >= 0.3 is 0 Å². The fourth-order valence-electron chi connectivity index (χ4n) is 1.37. The smallest absolute Gasteiger partial charge is 0.0976 e. The van der Waals surface area contributed by atoms with Gasteiger partial charge < -0.3 is 0 Å². The van der Waals surface area contributed by atoms with Crippen LogP contribution in [0.15, 0.2) is 48.6 Å².